The van der Waals surface area contributed by atoms with Crippen LogP contribution in [0.5, 0.6) is 0 Å². The number of ether oxygens (including phenoxy) is 3. The number of amidine groups is 1. The second kappa shape index (κ2) is 17.4. The summed E-state index contributed by atoms with van der Waals surface area (Å²) in [5.74, 6) is -1.71. The fourth-order valence-corrected chi connectivity index (χ4v) is 4.71. The third-order valence-electron chi connectivity index (χ3n) is 7.63. The minimum absolute atomic E-state index is 0.00459. The molecule has 264 valence electrons. The molecule has 4 amide bonds. The Morgan fingerprint density at radius 1 is 1.04 bits per heavy atom. The van der Waals surface area contributed by atoms with Gasteiger partial charge in [0.2, 0.25) is 6.79 Å². The first-order chi connectivity index (χ1) is 24.0. The molecule has 0 radical (unpaired) electrons. The molecule has 50 heavy (non-hydrogen) atoms. The van der Waals surface area contributed by atoms with Gasteiger partial charge in [0.15, 0.2) is 5.84 Å². The number of carbonyl (C=O) groups is 5. The van der Waals surface area contributed by atoms with Gasteiger partial charge in [-0.3, -0.25) is 15.0 Å². The number of aryl methyl sites for hydroxylation is 1. The summed E-state index contributed by atoms with van der Waals surface area (Å²) < 4.78 is 15.6. The number of rotatable bonds is 14. The van der Waals surface area contributed by atoms with Gasteiger partial charge in [-0.25, -0.2) is 24.3 Å². The minimum atomic E-state index is -1.15. The van der Waals surface area contributed by atoms with E-state index in [1.807, 2.05) is 13.0 Å². The van der Waals surface area contributed by atoms with E-state index < -0.39 is 31.0 Å². The van der Waals surface area contributed by atoms with E-state index >= 15 is 0 Å². The van der Waals surface area contributed by atoms with Crippen LogP contribution in [0.3, 0.4) is 0 Å². The van der Waals surface area contributed by atoms with Crippen molar-refractivity contribution in [1.29, 1.82) is 5.41 Å². The molecule has 1 aromatic heterocycles. The van der Waals surface area contributed by atoms with Gasteiger partial charge in [-0.05, 0) is 68.9 Å². The average molecular weight is 688 g/mol. The van der Waals surface area contributed by atoms with E-state index in [4.69, 9.17) is 19.6 Å². The number of aromatic amines is 1. The Balaban J connectivity index is 1.54. The molecule has 0 aliphatic heterocycles. The van der Waals surface area contributed by atoms with Crippen LogP contribution in [0.1, 0.15) is 76.2 Å². The van der Waals surface area contributed by atoms with Crippen molar-refractivity contribution in [3.05, 3.63) is 88.2 Å². The van der Waals surface area contributed by atoms with Gasteiger partial charge in [0.1, 0.15) is 19.0 Å². The molecule has 0 saturated heterocycles. The molecule has 4 rings (SSSR count). The molecule has 1 aliphatic carbocycles. The Morgan fingerprint density at radius 3 is 2.46 bits per heavy atom. The molecule has 15 nitrogen and oxygen atoms in total. The SMILES string of the molecule is CCCNC(=O)c1ccc(C)c(N(C(=O)OCOC(=O)C(C)NC(=O)OCc2ccccc2)/C(=N/C=N)c2[nH]cc(C(=O)NC3CC3)c2C)c1. The van der Waals surface area contributed by atoms with Gasteiger partial charge < -0.3 is 35.1 Å². The molecule has 1 unspecified atom stereocenters. The normalized spacial score (nSPS) is 13.0. The van der Waals surface area contributed by atoms with Crippen molar-refractivity contribution in [2.45, 2.75) is 65.6 Å². The van der Waals surface area contributed by atoms with Crippen molar-refractivity contribution in [2.75, 3.05) is 18.2 Å². The largest absolute Gasteiger partial charge is 0.445 e. The predicted molar refractivity (Wildman–Crippen MR) is 184 cm³/mol. The van der Waals surface area contributed by atoms with Crippen LogP contribution in [0.25, 0.3) is 0 Å². The molecule has 1 saturated carbocycles. The van der Waals surface area contributed by atoms with E-state index in [1.54, 1.807) is 50.2 Å². The van der Waals surface area contributed by atoms with Gasteiger partial charge in [-0.1, -0.05) is 43.3 Å². The van der Waals surface area contributed by atoms with E-state index in [9.17, 15) is 24.0 Å². The first-order valence-corrected chi connectivity index (χ1v) is 16.1. The fourth-order valence-electron chi connectivity index (χ4n) is 4.71. The highest BCUT2D eigenvalue weighted by Crippen LogP contribution is 2.27. The molecule has 0 bridgehead atoms. The van der Waals surface area contributed by atoms with Crippen LogP contribution in [0.4, 0.5) is 15.3 Å². The van der Waals surface area contributed by atoms with Gasteiger partial charge >= 0.3 is 18.2 Å². The second-order valence-corrected chi connectivity index (χ2v) is 11.5. The Labute approximate surface area is 289 Å². The van der Waals surface area contributed by atoms with Crippen molar-refractivity contribution >= 4 is 47.8 Å². The molecule has 5 N–H and O–H groups in total. The second-order valence-electron chi connectivity index (χ2n) is 11.5. The molecule has 1 fully saturated rings. The smallest absolute Gasteiger partial charge is 0.423 e. The first kappa shape index (κ1) is 36.8. The van der Waals surface area contributed by atoms with Crippen LogP contribution in [-0.4, -0.2) is 72.5 Å². The summed E-state index contributed by atoms with van der Waals surface area (Å²) in [6.07, 6.45) is 2.77. The zero-order valence-corrected chi connectivity index (χ0v) is 28.3. The standard InChI is InChI=1S/C35H41N7O8/c1-5-15-37-31(43)25-12-11-21(2)28(16-25)42(30(39-19-36)29-22(3)27(17-38-29)32(44)41-26-13-14-26)35(47)50-20-49-33(45)23(4)40-34(46)48-18-24-9-7-6-8-10-24/h6-12,16-17,19,23,26,36,38H,5,13-15,18,20H2,1-4H3,(H,37,43)(H,40,46)(H,41,44)/b36-19?,39-30+. The number of nitrogens with zero attached hydrogens (tertiary/aromatic N) is 2. The van der Waals surface area contributed by atoms with E-state index in [2.05, 4.69) is 25.9 Å². The molecular formula is C35H41N7O8. The summed E-state index contributed by atoms with van der Waals surface area (Å²) in [7, 11) is 0. The van der Waals surface area contributed by atoms with Gasteiger partial charge in [0, 0.05) is 24.3 Å². The van der Waals surface area contributed by atoms with E-state index in [1.165, 1.54) is 19.2 Å². The maximum Gasteiger partial charge on any atom is 0.423 e. The average Bonchev–Trinajstić information content (AvgIpc) is 3.84. The van der Waals surface area contributed by atoms with Crippen molar-refractivity contribution < 1.29 is 38.2 Å². The molecule has 0 spiro atoms. The molecule has 1 aliphatic rings. The number of hydrogen-bond donors (Lipinski definition) is 5. The topological polar surface area (TPSA) is 204 Å². The number of nitrogens with one attached hydrogen (secondary N) is 5. The van der Waals surface area contributed by atoms with Gasteiger partial charge in [0.05, 0.1) is 16.9 Å². The van der Waals surface area contributed by atoms with E-state index in [0.29, 0.717) is 29.7 Å². The molecule has 1 heterocycles. The number of hydrogen-bond acceptors (Lipinski definition) is 9. The van der Waals surface area contributed by atoms with Crippen LogP contribution in [0, 0.1) is 19.3 Å². The number of aliphatic imine (C=N–C) groups is 1. The van der Waals surface area contributed by atoms with Crippen molar-refractivity contribution in [3.8, 4) is 0 Å². The van der Waals surface area contributed by atoms with Gasteiger partial charge in [-0.2, -0.15) is 0 Å². The Kier molecular flexibility index (Phi) is 12.8. The summed E-state index contributed by atoms with van der Waals surface area (Å²) >= 11 is 0. The lowest BCUT2D eigenvalue weighted by atomic mass is 10.1. The maximum atomic E-state index is 13.9. The number of anilines is 1. The summed E-state index contributed by atoms with van der Waals surface area (Å²) in [5.41, 5.74) is 2.71. The van der Waals surface area contributed by atoms with Crippen LogP contribution in [0.15, 0.2) is 59.7 Å². The Bertz CT molecular complexity index is 1750. The monoisotopic (exact) mass is 687 g/mol. The number of carbonyl (C=O) groups excluding carboxylic acids is 5. The van der Waals surface area contributed by atoms with E-state index in [-0.39, 0.29) is 47.2 Å². The van der Waals surface area contributed by atoms with Crippen molar-refractivity contribution in [1.82, 2.24) is 20.9 Å². The zero-order valence-electron chi connectivity index (χ0n) is 28.3. The lowest BCUT2D eigenvalue weighted by molar-refractivity contribution is -0.153. The lowest BCUT2D eigenvalue weighted by Crippen LogP contribution is -2.42. The number of amides is 4. The summed E-state index contributed by atoms with van der Waals surface area (Å²) in [6, 6.07) is 12.6. The third-order valence-corrected chi connectivity index (χ3v) is 7.63. The predicted octanol–water partition coefficient (Wildman–Crippen LogP) is 4.48. The zero-order chi connectivity index (χ0) is 36.2. The maximum absolute atomic E-state index is 13.9. The van der Waals surface area contributed by atoms with Crippen LogP contribution >= 0.6 is 0 Å². The van der Waals surface area contributed by atoms with E-state index in [0.717, 1.165) is 29.6 Å². The molecular weight excluding hydrogens is 646 g/mol. The van der Waals surface area contributed by atoms with Crippen LogP contribution in [-0.2, 0) is 25.6 Å². The highest BCUT2D eigenvalue weighted by atomic mass is 16.7. The van der Waals surface area contributed by atoms with Crippen molar-refractivity contribution in [3.63, 3.8) is 0 Å². The number of esters is 1. The fraction of sp³-hybridized carbons (Fsp3) is 0.343. The number of aromatic nitrogens is 1. The molecule has 2 aromatic carbocycles. The lowest BCUT2D eigenvalue weighted by Gasteiger charge is -2.25. The van der Waals surface area contributed by atoms with Crippen LogP contribution in [0.2, 0.25) is 0 Å². The highest BCUT2D eigenvalue weighted by molar-refractivity contribution is 6.24. The Morgan fingerprint density at radius 2 is 1.78 bits per heavy atom. The first-order valence-electron chi connectivity index (χ1n) is 16.1. The van der Waals surface area contributed by atoms with Gasteiger partial charge in [-0.15, -0.1) is 0 Å². The van der Waals surface area contributed by atoms with Gasteiger partial charge in [0.25, 0.3) is 11.8 Å². The number of alkyl carbamates (subject to hydrolysis) is 1. The molecule has 1 atom stereocenters. The Hall–Kier alpha value is -5.99. The third kappa shape index (κ3) is 9.78. The molecule has 3 aromatic rings. The minimum Gasteiger partial charge on any atom is -0.445 e. The van der Waals surface area contributed by atoms with Crippen LogP contribution < -0.4 is 20.9 Å². The summed E-state index contributed by atoms with van der Waals surface area (Å²) in [6.45, 7) is 6.23. The quantitative estimate of drug-likeness (QED) is 0.0706. The number of benzene rings is 2. The number of H-pyrrole nitrogens is 1. The summed E-state index contributed by atoms with van der Waals surface area (Å²) in [4.78, 5) is 72.7. The van der Waals surface area contributed by atoms with Crippen molar-refractivity contribution in [2.24, 2.45) is 4.99 Å². The molecule has 15 heteroatoms. The highest BCUT2D eigenvalue weighted by Gasteiger charge is 2.32. The summed E-state index contributed by atoms with van der Waals surface area (Å²) in [5, 5.41) is 15.9.